The van der Waals surface area contributed by atoms with Crippen LogP contribution >= 0.6 is 0 Å². The molecule has 0 saturated carbocycles. The number of fused-ring (bicyclic) bond motifs is 2. The minimum Gasteiger partial charge on any atom is -0.383 e. The Kier molecular flexibility index (Phi) is 2.65. The average Bonchev–Trinajstić information content (AvgIpc) is 2.83. The molecule has 2 aromatic heterocycles. The lowest BCUT2D eigenvalue weighted by Crippen LogP contribution is -2.27. The lowest BCUT2D eigenvalue weighted by Gasteiger charge is -1.97. The van der Waals surface area contributed by atoms with E-state index in [-0.39, 0.29) is 34.7 Å². The summed E-state index contributed by atoms with van der Waals surface area (Å²) in [5, 5.41) is 0.552. The molecule has 7 nitrogen and oxygen atoms in total. The molecule has 0 aliphatic carbocycles. The van der Waals surface area contributed by atoms with Crippen LogP contribution in [0.2, 0.25) is 0 Å². The Hall–Kier alpha value is -2.54. The summed E-state index contributed by atoms with van der Waals surface area (Å²) in [5.74, 6) is 0. The monoisotopic (exact) mass is 274 g/mol. The fourth-order valence-electron chi connectivity index (χ4n) is 2.34. The van der Waals surface area contributed by atoms with Gasteiger partial charge < -0.3 is 4.74 Å². The van der Waals surface area contributed by atoms with Crippen molar-refractivity contribution < 1.29 is 4.74 Å². The zero-order chi connectivity index (χ0) is 14.4. The van der Waals surface area contributed by atoms with E-state index in [0.29, 0.717) is 0 Å². The van der Waals surface area contributed by atoms with Gasteiger partial charge in [0.25, 0.3) is 22.2 Å². The molecule has 3 rings (SSSR count). The van der Waals surface area contributed by atoms with Gasteiger partial charge in [-0.15, -0.1) is 0 Å². The molecule has 1 aromatic carbocycles. The molecular weight excluding hydrogens is 264 g/mol. The average molecular weight is 274 g/mol. The predicted molar refractivity (Wildman–Crippen MR) is 73.1 cm³/mol. The van der Waals surface area contributed by atoms with Crippen LogP contribution in [0, 0.1) is 0 Å². The molecule has 0 fully saturated rings. The van der Waals surface area contributed by atoms with Crippen LogP contribution in [0.25, 0.3) is 21.5 Å². The Morgan fingerprint density at radius 2 is 1.45 bits per heavy atom. The lowest BCUT2D eigenvalue weighted by molar-refractivity contribution is 0.186. The number of methoxy groups -OCH3 is 1. The van der Waals surface area contributed by atoms with Gasteiger partial charge in [-0.3, -0.25) is 28.7 Å². The molecule has 0 aliphatic rings. The molecule has 0 atom stereocenters. The van der Waals surface area contributed by atoms with E-state index in [1.54, 1.807) is 0 Å². The normalized spacial score (nSPS) is 11.7. The number of rotatable bonds is 3. The van der Waals surface area contributed by atoms with E-state index < -0.39 is 22.2 Å². The summed E-state index contributed by atoms with van der Waals surface area (Å²) < 4.78 is 5.90. The summed E-state index contributed by atoms with van der Waals surface area (Å²) in [5.41, 5.74) is -2.05. The van der Waals surface area contributed by atoms with Gasteiger partial charge in [0.2, 0.25) is 0 Å². The largest absolute Gasteiger partial charge is 0.383 e. The highest BCUT2D eigenvalue weighted by atomic mass is 16.5. The lowest BCUT2D eigenvalue weighted by atomic mass is 10.1. The van der Waals surface area contributed by atoms with Gasteiger partial charge in [0.05, 0.1) is 34.7 Å². The van der Waals surface area contributed by atoms with Gasteiger partial charge in [0.15, 0.2) is 0 Å². The van der Waals surface area contributed by atoms with E-state index in [0.717, 1.165) is 4.57 Å². The minimum absolute atomic E-state index is 0.128. The highest BCUT2D eigenvalue weighted by Crippen LogP contribution is 2.13. The van der Waals surface area contributed by atoms with E-state index in [2.05, 4.69) is 4.98 Å². The first-order valence-electron chi connectivity index (χ1n) is 5.93. The maximum absolute atomic E-state index is 12.1. The second-order valence-corrected chi connectivity index (χ2v) is 4.48. The van der Waals surface area contributed by atoms with Crippen molar-refractivity contribution in [1.29, 1.82) is 0 Å². The number of hydrogen-bond acceptors (Lipinski definition) is 5. The van der Waals surface area contributed by atoms with Crippen molar-refractivity contribution in [2.75, 3.05) is 13.7 Å². The molecule has 2 heterocycles. The summed E-state index contributed by atoms with van der Waals surface area (Å²) in [6.07, 6.45) is 0. The van der Waals surface area contributed by atoms with E-state index in [1.165, 1.54) is 19.2 Å². The molecule has 0 unspecified atom stereocenters. The van der Waals surface area contributed by atoms with Crippen LogP contribution in [0.3, 0.4) is 0 Å². The molecule has 3 aromatic rings. The van der Waals surface area contributed by atoms with Crippen molar-refractivity contribution in [3.8, 4) is 0 Å². The molecule has 20 heavy (non-hydrogen) atoms. The number of benzene rings is 1. The number of nitrogens with one attached hydrogen (secondary N) is 1. The number of aromatic nitrogens is 2. The van der Waals surface area contributed by atoms with Gasteiger partial charge in [-0.05, 0) is 12.1 Å². The maximum atomic E-state index is 12.1. The van der Waals surface area contributed by atoms with Crippen molar-refractivity contribution in [3.63, 3.8) is 0 Å². The van der Waals surface area contributed by atoms with Gasteiger partial charge in [0, 0.05) is 7.11 Å². The minimum atomic E-state index is -0.552. The molecule has 1 N–H and O–H groups in total. The topological polar surface area (TPSA) is 98.2 Å². The van der Waals surface area contributed by atoms with Crippen molar-refractivity contribution >= 4 is 21.5 Å². The van der Waals surface area contributed by atoms with Crippen molar-refractivity contribution in [3.05, 3.63) is 53.5 Å². The molecular formula is C13H10N2O5. The SMILES string of the molecule is COCCn1c(=O)c2cc3c(=O)[nH]c(=O)c3cc2c1=O. The molecule has 0 spiro atoms. The van der Waals surface area contributed by atoms with E-state index >= 15 is 0 Å². The van der Waals surface area contributed by atoms with Gasteiger partial charge in [-0.25, -0.2) is 0 Å². The van der Waals surface area contributed by atoms with Crippen LogP contribution in [0.5, 0.6) is 0 Å². The van der Waals surface area contributed by atoms with Crippen LogP contribution in [0.15, 0.2) is 31.3 Å². The molecule has 0 bridgehead atoms. The van der Waals surface area contributed by atoms with Crippen LogP contribution in [0.4, 0.5) is 0 Å². The summed E-state index contributed by atoms with van der Waals surface area (Å²) in [7, 11) is 1.47. The Morgan fingerprint density at radius 1 is 0.950 bits per heavy atom. The molecule has 0 radical (unpaired) electrons. The summed E-state index contributed by atoms with van der Waals surface area (Å²) >= 11 is 0. The quantitative estimate of drug-likeness (QED) is 0.666. The Balaban J connectivity index is 2.44. The number of aromatic amines is 1. The van der Waals surface area contributed by atoms with Crippen molar-refractivity contribution in [1.82, 2.24) is 9.55 Å². The third-order valence-corrected chi connectivity index (χ3v) is 3.34. The first kappa shape index (κ1) is 12.5. The summed E-state index contributed by atoms with van der Waals surface area (Å²) in [6, 6.07) is 2.61. The fourth-order valence-corrected chi connectivity index (χ4v) is 2.34. The Bertz CT molecular complexity index is 942. The van der Waals surface area contributed by atoms with Crippen molar-refractivity contribution in [2.45, 2.75) is 6.54 Å². The standard InChI is InChI=1S/C13H10N2O5/c1-20-3-2-15-12(18)8-4-6-7(5-9(8)13(15)19)11(17)14-10(6)16/h4-5H,2-3H2,1H3,(H,14,16,17). The number of ether oxygens (including phenoxy) is 1. The van der Waals surface area contributed by atoms with Gasteiger partial charge >= 0.3 is 0 Å². The number of nitrogens with zero attached hydrogens (tertiary/aromatic N) is 1. The van der Waals surface area contributed by atoms with E-state index in [9.17, 15) is 19.2 Å². The third kappa shape index (κ3) is 1.56. The fraction of sp³-hybridized carbons (Fsp3) is 0.231. The molecule has 0 saturated heterocycles. The first-order chi connectivity index (χ1) is 9.54. The van der Waals surface area contributed by atoms with Crippen molar-refractivity contribution in [2.24, 2.45) is 0 Å². The Morgan fingerprint density at radius 3 is 1.90 bits per heavy atom. The highest BCUT2D eigenvalue weighted by Gasteiger charge is 2.16. The summed E-state index contributed by atoms with van der Waals surface area (Å²) in [4.78, 5) is 49.5. The number of hydrogen-bond donors (Lipinski definition) is 1. The second kappa shape index (κ2) is 4.24. The summed E-state index contributed by atoms with van der Waals surface area (Å²) in [6.45, 7) is 0.359. The van der Waals surface area contributed by atoms with Gasteiger partial charge in [-0.1, -0.05) is 0 Å². The van der Waals surface area contributed by atoms with E-state index in [4.69, 9.17) is 4.74 Å². The first-order valence-corrected chi connectivity index (χ1v) is 5.93. The molecule has 0 amide bonds. The second-order valence-electron chi connectivity index (χ2n) is 4.48. The van der Waals surface area contributed by atoms with Gasteiger partial charge in [-0.2, -0.15) is 0 Å². The zero-order valence-corrected chi connectivity index (χ0v) is 10.6. The van der Waals surface area contributed by atoms with Crippen LogP contribution in [0.1, 0.15) is 0 Å². The van der Waals surface area contributed by atoms with Crippen LogP contribution in [-0.4, -0.2) is 23.3 Å². The number of H-pyrrole nitrogens is 1. The van der Waals surface area contributed by atoms with E-state index in [1.807, 2.05) is 0 Å². The zero-order valence-electron chi connectivity index (χ0n) is 10.6. The maximum Gasteiger partial charge on any atom is 0.261 e. The molecule has 0 aliphatic heterocycles. The van der Waals surface area contributed by atoms with Crippen LogP contribution < -0.4 is 22.2 Å². The smallest absolute Gasteiger partial charge is 0.261 e. The van der Waals surface area contributed by atoms with Crippen LogP contribution in [-0.2, 0) is 11.3 Å². The predicted octanol–water partition coefficient (Wildman–Crippen LogP) is -0.915. The molecule has 7 heteroatoms. The van der Waals surface area contributed by atoms with Gasteiger partial charge in [0.1, 0.15) is 0 Å². The highest BCUT2D eigenvalue weighted by molar-refractivity contribution is 5.97. The Labute approximate surface area is 110 Å². The third-order valence-electron chi connectivity index (χ3n) is 3.34. The molecule has 102 valence electrons.